The van der Waals surface area contributed by atoms with E-state index in [4.69, 9.17) is 9.47 Å². The summed E-state index contributed by atoms with van der Waals surface area (Å²) in [5.74, 6) is 0.00660. The number of pyridine rings is 1. The molecule has 0 N–H and O–H groups in total. The fourth-order valence-corrected chi connectivity index (χ4v) is 2.79. The highest BCUT2D eigenvalue weighted by Gasteiger charge is 2.30. The molecule has 1 aromatic heterocycles. The molecule has 0 radical (unpaired) electrons. The van der Waals surface area contributed by atoms with Gasteiger partial charge in [-0.3, -0.25) is 10.1 Å². The maximum Gasteiger partial charge on any atom is 0.410 e. The molecule has 0 aliphatic carbocycles. The van der Waals surface area contributed by atoms with Crippen LogP contribution in [0.5, 0.6) is 5.88 Å². The zero-order chi connectivity index (χ0) is 18.4. The van der Waals surface area contributed by atoms with Gasteiger partial charge < -0.3 is 14.4 Å². The Balaban J connectivity index is 1.94. The van der Waals surface area contributed by atoms with Gasteiger partial charge in [-0.25, -0.2) is 9.78 Å². The Bertz CT molecular complexity index is 615. The smallest absolute Gasteiger partial charge is 0.410 e. The van der Waals surface area contributed by atoms with E-state index in [0.29, 0.717) is 13.0 Å². The van der Waals surface area contributed by atoms with Gasteiger partial charge in [0.05, 0.1) is 11.5 Å². The number of carbonyl (C=O) groups is 1. The van der Waals surface area contributed by atoms with E-state index in [1.807, 2.05) is 20.8 Å². The molecule has 138 valence electrons. The Labute approximate surface area is 147 Å². The summed E-state index contributed by atoms with van der Waals surface area (Å²) in [4.78, 5) is 28.5. The Morgan fingerprint density at radius 3 is 2.88 bits per heavy atom. The number of hydrogen-bond donors (Lipinski definition) is 0. The van der Waals surface area contributed by atoms with Crippen molar-refractivity contribution >= 4 is 11.8 Å². The number of rotatable bonds is 5. The van der Waals surface area contributed by atoms with Gasteiger partial charge in [0.2, 0.25) is 0 Å². The molecule has 2 rings (SSSR count). The molecule has 2 heterocycles. The number of nitrogens with zero attached hydrogens (tertiary/aromatic N) is 3. The van der Waals surface area contributed by atoms with Crippen molar-refractivity contribution in [2.45, 2.75) is 58.1 Å². The molecule has 1 fully saturated rings. The number of carbonyl (C=O) groups excluding carboxylic acids is 1. The number of amides is 1. The van der Waals surface area contributed by atoms with Gasteiger partial charge in [0.1, 0.15) is 5.60 Å². The first-order valence-corrected chi connectivity index (χ1v) is 8.50. The highest BCUT2D eigenvalue weighted by atomic mass is 16.6. The fourth-order valence-electron chi connectivity index (χ4n) is 2.79. The maximum absolute atomic E-state index is 12.4. The monoisotopic (exact) mass is 351 g/mol. The normalized spacial score (nSPS) is 17.9. The Morgan fingerprint density at radius 2 is 2.20 bits per heavy atom. The Hall–Kier alpha value is -2.38. The highest BCUT2D eigenvalue weighted by Crippen LogP contribution is 2.25. The third kappa shape index (κ3) is 5.58. The average molecular weight is 351 g/mol. The van der Waals surface area contributed by atoms with Crippen LogP contribution in [0.3, 0.4) is 0 Å². The molecule has 0 spiro atoms. The van der Waals surface area contributed by atoms with Gasteiger partial charge in [0.25, 0.3) is 5.88 Å². The van der Waals surface area contributed by atoms with Crippen LogP contribution in [0.15, 0.2) is 18.3 Å². The second-order valence-electron chi connectivity index (χ2n) is 7.05. The lowest BCUT2D eigenvalue weighted by atomic mass is 10.0. The lowest BCUT2D eigenvalue weighted by Crippen LogP contribution is -2.46. The van der Waals surface area contributed by atoms with Crippen LogP contribution >= 0.6 is 0 Å². The molecule has 1 atom stereocenters. The lowest BCUT2D eigenvalue weighted by molar-refractivity contribution is -0.386. The van der Waals surface area contributed by atoms with Crippen molar-refractivity contribution in [3.05, 3.63) is 28.4 Å². The molecule has 0 saturated carbocycles. The van der Waals surface area contributed by atoms with Crippen LogP contribution in [0.1, 0.15) is 46.5 Å². The third-order valence-corrected chi connectivity index (χ3v) is 3.89. The maximum atomic E-state index is 12.4. The highest BCUT2D eigenvalue weighted by molar-refractivity contribution is 5.68. The topological polar surface area (TPSA) is 94.8 Å². The summed E-state index contributed by atoms with van der Waals surface area (Å²) < 4.78 is 11.0. The quantitative estimate of drug-likeness (QED) is 0.595. The van der Waals surface area contributed by atoms with Crippen molar-refractivity contribution in [3.63, 3.8) is 0 Å². The average Bonchev–Trinajstić information content (AvgIpc) is 2.54. The molecule has 1 saturated heterocycles. The van der Waals surface area contributed by atoms with Crippen LogP contribution in [-0.4, -0.2) is 45.7 Å². The van der Waals surface area contributed by atoms with E-state index in [-0.39, 0.29) is 30.3 Å². The Morgan fingerprint density at radius 1 is 1.44 bits per heavy atom. The largest absolute Gasteiger partial charge is 0.473 e. The van der Waals surface area contributed by atoms with Gasteiger partial charge in [0, 0.05) is 31.3 Å². The first-order chi connectivity index (χ1) is 11.8. The molecule has 0 unspecified atom stereocenters. The number of nitro groups is 1. The summed E-state index contributed by atoms with van der Waals surface area (Å²) in [5, 5.41) is 11.0. The Kier molecular flexibility index (Phi) is 6.17. The molecule has 1 amide bonds. The molecule has 25 heavy (non-hydrogen) atoms. The van der Waals surface area contributed by atoms with Crippen molar-refractivity contribution in [1.29, 1.82) is 0 Å². The number of ether oxygens (including phenoxy) is 2. The van der Waals surface area contributed by atoms with Crippen molar-refractivity contribution < 1.29 is 19.2 Å². The van der Waals surface area contributed by atoms with Gasteiger partial charge >= 0.3 is 11.8 Å². The van der Waals surface area contributed by atoms with Gasteiger partial charge in [-0.05, 0) is 46.1 Å². The second-order valence-corrected chi connectivity index (χ2v) is 7.05. The third-order valence-electron chi connectivity index (χ3n) is 3.89. The van der Waals surface area contributed by atoms with Crippen LogP contribution in [0, 0.1) is 10.1 Å². The second kappa shape index (κ2) is 8.13. The van der Waals surface area contributed by atoms with Gasteiger partial charge in [-0.2, -0.15) is 0 Å². The summed E-state index contributed by atoms with van der Waals surface area (Å²) in [5.41, 5.74) is -0.695. The predicted molar refractivity (Wildman–Crippen MR) is 91.6 cm³/mol. The molecule has 8 nitrogen and oxygen atoms in total. The van der Waals surface area contributed by atoms with Crippen molar-refractivity contribution in [2.75, 3.05) is 13.2 Å². The minimum Gasteiger partial charge on any atom is -0.473 e. The number of hydrogen-bond acceptors (Lipinski definition) is 6. The van der Waals surface area contributed by atoms with E-state index >= 15 is 0 Å². The molecule has 1 aliphatic rings. The number of likely N-dealkylation sites (tertiary alicyclic amines) is 1. The SMILES string of the molecule is CC(C)(C)OC(=O)N1CCCC[C@@H]1CCOc1ncccc1[N+](=O)[O-]. The molecule has 1 aromatic rings. The zero-order valence-electron chi connectivity index (χ0n) is 14.9. The standard InChI is InChI=1S/C17H25N3O5/c1-17(2,3)25-16(21)19-11-5-4-7-13(19)9-12-24-15-14(20(22)23)8-6-10-18-15/h6,8,10,13H,4-5,7,9,11-12H2,1-3H3/t13-/m1/s1. The predicted octanol–water partition coefficient (Wildman–Crippen LogP) is 3.55. The molecule has 0 aromatic carbocycles. The van der Waals surface area contributed by atoms with Gasteiger partial charge in [-0.1, -0.05) is 0 Å². The summed E-state index contributed by atoms with van der Waals surface area (Å²) in [6.45, 7) is 6.43. The lowest BCUT2D eigenvalue weighted by Gasteiger charge is -2.36. The molecular weight excluding hydrogens is 326 g/mol. The summed E-state index contributed by atoms with van der Waals surface area (Å²) >= 11 is 0. The van der Waals surface area contributed by atoms with Crippen LogP contribution in [-0.2, 0) is 4.74 Å². The molecule has 1 aliphatic heterocycles. The van der Waals surface area contributed by atoms with E-state index in [2.05, 4.69) is 4.98 Å². The van der Waals surface area contributed by atoms with E-state index in [9.17, 15) is 14.9 Å². The summed E-state index contributed by atoms with van der Waals surface area (Å²) in [7, 11) is 0. The van der Waals surface area contributed by atoms with Crippen LogP contribution in [0.25, 0.3) is 0 Å². The van der Waals surface area contributed by atoms with Crippen LogP contribution in [0.2, 0.25) is 0 Å². The minimum atomic E-state index is -0.538. The number of piperidine rings is 1. The minimum absolute atomic E-state index is 0.00590. The van der Waals surface area contributed by atoms with Crippen molar-refractivity contribution in [3.8, 4) is 5.88 Å². The van der Waals surface area contributed by atoms with Crippen LogP contribution < -0.4 is 4.74 Å². The summed E-state index contributed by atoms with van der Waals surface area (Å²) in [6, 6.07) is 2.86. The zero-order valence-corrected chi connectivity index (χ0v) is 14.9. The van der Waals surface area contributed by atoms with E-state index in [1.54, 1.807) is 4.90 Å². The first kappa shape index (κ1) is 19.0. The first-order valence-electron chi connectivity index (χ1n) is 8.50. The van der Waals surface area contributed by atoms with Crippen LogP contribution in [0.4, 0.5) is 10.5 Å². The fraction of sp³-hybridized carbons (Fsp3) is 0.647. The van der Waals surface area contributed by atoms with Crippen molar-refractivity contribution in [1.82, 2.24) is 9.88 Å². The molecular formula is C17H25N3O5. The van der Waals surface area contributed by atoms with E-state index in [0.717, 1.165) is 19.3 Å². The van der Waals surface area contributed by atoms with E-state index < -0.39 is 10.5 Å². The summed E-state index contributed by atoms with van der Waals surface area (Å²) in [6.07, 6.45) is 4.56. The molecule has 8 heteroatoms. The van der Waals surface area contributed by atoms with E-state index in [1.165, 1.54) is 18.3 Å². The van der Waals surface area contributed by atoms with Gasteiger partial charge in [0.15, 0.2) is 0 Å². The van der Waals surface area contributed by atoms with Gasteiger partial charge in [-0.15, -0.1) is 0 Å². The molecule has 0 bridgehead atoms. The van der Waals surface area contributed by atoms with Crippen molar-refractivity contribution in [2.24, 2.45) is 0 Å². The number of aromatic nitrogens is 1.